The van der Waals surface area contributed by atoms with Gasteiger partial charge in [-0.2, -0.15) is 0 Å². The van der Waals surface area contributed by atoms with Gasteiger partial charge < -0.3 is 19.1 Å². The first kappa shape index (κ1) is 26.3. The first-order valence-electron chi connectivity index (χ1n) is 11.2. The fraction of sp³-hybridized carbons (Fsp3) is 0.231. The molecule has 0 bridgehead atoms. The van der Waals surface area contributed by atoms with E-state index in [-0.39, 0.29) is 22.9 Å². The highest BCUT2D eigenvalue weighted by atomic mass is 35.5. The van der Waals surface area contributed by atoms with Gasteiger partial charge in [-0.05, 0) is 61.0 Å². The second kappa shape index (κ2) is 10.7. The van der Waals surface area contributed by atoms with Gasteiger partial charge in [-0.3, -0.25) is 9.10 Å². The number of hydrogen-bond acceptors (Lipinski definition) is 7. The summed E-state index contributed by atoms with van der Waals surface area (Å²) < 4.78 is 44.8. The number of sulfonamides is 1. The van der Waals surface area contributed by atoms with E-state index in [1.165, 1.54) is 49.5 Å². The van der Waals surface area contributed by atoms with Crippen molar-refractivity contribution in [2.75, 3.05) is 36.5 Å². The van der Waals surface area contributed by atoms with Crippen LogP contribution in [-0.2, 0) is 24.3 Å². The van der Waals surface area contributed by atoms with E-state index in [2.05, 4.69) is 0 Å². The number of esters is 1. The Kier molecular flexibility index (Phi) is 7.60. The number of amides is 1. The number of hydrogen-bond donors (Lipinski definition) is 0. The van der Waals surface area contributed by atoms with Crippen LogP contribution in [0.3, 0.4) is 0 Å². The summed E-state index contributed by atoms with van der Waals surface area (Å²) in [6.07, 6.45) is -1.07. The van der Waals surface area contributed by atoms with E-state index >= 15 is 0 Å². The van der Waals surface area contributed by atoms with Gasteiger partial charge in [0.05, 0.1) is 32.1 Å². The van der Waals surface area contributed by atoms with Crippen molar-refractivity contribution in [2.24, 2.45) is 0 Å². The van der Waals surface area contributed by atoms with Crippen LogP contribution in [0.4, 0.5) is 11.4 Å². The number of methoxy groups -OCH3 is 2. The van der Waals surface area contributed by atoms with E-state index < -0.39 is 34.5 Å². The molecule has 0 aromatic heterocycles. The van der Waals surface area contributed by atoms with Gasteiger partial charge in [0.1, 0.15) is 22.9 Å². The van der Waals surface area contributed by atoms with Crippen LogP contribution in [0.25, 0.3) is 0 Å². The molecule has 9 nitrogen and oxygen atoms in total. The van der Waals surface area contributed by atoms with Crippen molar-refractivity contribution in [2.45, 2.75) is 17.9 Å². The second-order valence-electron chi connectivity index (χ2n) is 8.24. The normalized spacial score (nSPS) is 14.8. The largest absolute Gasteiger partial charge is 0.495 e. The Morgan fingerprint density at radius 1 is 1.08 bits per heavy atom. The first-order valence-corrected chi connectivity index (χ1v) is 13.0. The topological polar surface area (TPSA) is 102 Å². The molecular formula is C26H25ClN2O7S. The quantitative estimate of drug-likeness (QED) is 0.417. The summed E-state index contributed by atoms with van der Waals surface area (Å²) in [5, 5.41) is 0.406. The molecule has 1 amide bonds. The predicted molar refractivity (Wildman–Crippen MR) is 139 cm³/mol. The van der Waals surface area contributed by atoms with Crippen LogP contribution in [0.15, 0.2) is 71.6 Å². The van der Waals surface area contributed by atoms with Gasteiger partial charge in [-0.1, -0.05) is 29.8 Å². The standard InChI is InChI=1S/C26H25ClN2O7S/c1-17-8-13-22(34-2)24(14-17)37(32,33)29(19-11-9-18(27)10-12-19)16-25(30)28-15-23(26(31)35-3)36-21-7-5-4-6-20(21)28/h4-14,23H,15-16H2,1-3H3/t23-/m1/s1. The number of rotatable bonds is 7. The van der Waals surface area contributed by atoms with Crippen LogP contribution >= 0.6 is 11.6 Å². The summed E-state index contributed by atoms with van der Waals surface area (Å²) >= 11 is 6.04. The highest BCUT2D eigenvalue weighted by molar-refractivity contribution is 7.93. The molecule has 1 aliphatic rings. The minimum absolute atomic E-state index is 0.0902. The van der Waals surface area contributed by atoms with Gasteiger partial charge in [0.15, 0.2) is 0 Å². The molecule has 0 spiro atoms. The van der Waals surface area contributed by atoms with Crippen LogP contribution in [0.5, 0.6) is 11.5 Å². The zero-order chi connectivity index (χ0) is 26.7. The van der Waals surface area contributed by atoms with Crippen molar-refractivity contribution in [3.05, 3.63) is 77.3 Å². The fourth-order valence-corrected chi connectivity index (χ4v) is 5.74. The lowest BCUT2D eigenvalue weighted by atomic mass is 10.2. The molecule has 1 heterocycles. The maximum absolute atomic E-state index is 14.0. The van der Waals surface area contributed by atoms with E-state index in [4.69, 9.17) is 25.8 Å². The zero-order valence-corrected chi connectivity index (χ0v) is 22.0. The lowest BCUT2D eigenvalue weighted by Crippen LogP contribution is -2.51. The van der Waals surface area contributed by atoms with E-state index in [9.17, 15) is 18.0 Å². The summed E-state index contributed by atoms with van der Waals surface area (Å²) in [5.74, 6) is -0.785. The number of nitrogens with zero attached hydrogens (tertiary/aromatic N) is 2. The number of ether oxygens (including phenoxy) is 3. The monoisotopic (exact) mass is 544 g/mol. The Labute approximate surface area is 220 Å². The second-order valence-corrected chi connectivity index (χ2v) is 10.5. The number of benzene rings is 3. The van der Waals surface area contributed by atoms with Crippen LogP contribution in [0.2, 0.25) is 5.02 Å². The molecule has 0 saturated heterocycles. The van der Waals surface area contributed by atoms with Crippen LogP contribution in [0, 0.1) is 6.92 Å². The van der Waals surface area contributed by atoms with Crippen LogP contribution < -0.4 is 18.7 Å². The van der Waals surface area contributed by atoms with Gasteiger partial charge in [0, 0.05) is 5.02 Å². The summed E-state index contributed by atoms with van der Waals surface area (Å²) in [6, 6.07) is 17.6. The van der Waals surface area contributed by atoms with Crippen molar-refractivity contribution in [1.29, 1.82) is 0 Å². The molecule has 3 aromatic carbocycles. The molecule has 1 atom stereocenters. The number of para-hydroxylation sites is 2. The number of anilines is 2. The Hall–Kier alpha value is -3.76. The minimum atomic E-state index is -4.28. The average molecular weight is 545 g/mol. The highest BCUT2D eigenvalue weighted by Gasteiger charge is 2.37. The van der Waals surface area contributed by atoms with E-state index in [1.54, 1.807) is 43.3 Å². The molecule has 3 aromatic rings. The van der Waals surface area contributed by atoms with Crippen molar-refractivity contribution < 1.29 is 32.2 Å². The summed E-state index contributed by atoms with van der Waals surface area (Å²) in [5.41, 5.74) is 1.34. The van der Waals surface area contributed by atoms with Crippen molar-refractivity contribution >= 4 is 44.9 Å². The number of aryl methyl sites for hydroxylation is 1. The van der Waals surface area contributed by atoms with Gasteiger partial charge in [-0.15, -0.1) is 0 Å². The molecular weight excluding hydrogens is 520 g/mol. The molecule has 0 saturated carbocycles. The van der Waals surface area contributed by atoms with E-state index in [0.717, 1.165) is 4.31 Å². The molecule has 0 N–H and O–H groups in total. The molecule has 4 rings (SSSR count). The maximum atomic E-state index is 14.0. The molecule has 37 heavy (non-hydrogen) atoms. The van der Waals surface area contributed by atoms with Gasteiger partial charge in [0.2, 0.25) is 12.0 Å². The third-order valence-electron chi connectivity index (χ3n) is 5.82. The number of halogens is 1. The predicted octanol–water partition coefficient (Wildman–Crippen LogP) is 3.82. The molecule has 0 aliphatic carbocycles. The Morgan fingerprint density at radius 2 is 1.78 bits per heavy atom. The number of carbonyl (C=O) groups excluding carboxylic acids is 2. The zero-order valence-electron chi connectivity index (χ0n) is 20.4. The SMILES string of the molecule is COC(=O)[C@H]1CN(C(=O)CN(c2ccc(Cl)cc2)S(=O)(=O)c2cc(C)ccc2OC)c2ccccc2O1. The summed E-state index contributed by atoms with van der Waals surface area (Å²) in [7, 11) is -1.68. The van der Waals surface area contributed by atoms with Gasteiger partial charge >= 0.3 is 5.97 Å². The van der Waals surface area contributed by atoms with Crippen LogP contribution in [-0.4, -0.2) is 53.7 Å². The fourth-order valence-electron chi connectivity index (χ4n) is 3.96. The van der Waals surface area contributed by atoms with Crippen molar-refractivity contribution in [3.63, 3.8) is 0 Å². The minimum Gasteiger partial charge on any atom is -0.495 e. The molecule has 0 radical (unpaired) electrons. The Balaban J connectivity index is 1.77. The molecule has 0 unspecified atom stereocenters. The number of carbonyl (C=O) groups is 2. The third kappa shape index (κ3) is 5.35. The highest BCUT2D eigenvalue weighted by Crippen LogP contribution is 2.35. The molecule has 11 heteroatoms. The Morgan fingerprint density at radius 3 is 2.46 bits per heavy atom. The molecule has 1 aliphatic heterocycles. The average Bonchev–Trinajstić information content (AvgIpc) is 2.91. The lowest BCUT2D eigenvalue weighted by molar-refractivity contribution is -0.148. The van der Waals surface area contributed by atoms with Gasteiger partial charge in [-0.25, -0.2) is 13.2 Å². The smallest absolute Gasteiger partial charge is 0.348 e. The summed E-state index contributed by atoms with van der Waals surface area (Å²) in [6.45, 7) is 1.04. The number of fused-ring (bicyclic) bond motifs is 1. The van der Waals surface area contributed by atoms with Crippen molar-refractivity contribution in [1.82, 2.24) is 0 Å². The molecule has 0 fully saturated rings. The van der Waals surface area contributed by atoms with E-state index in [1.807, 2.05) is 0 Å². The third-order valence-corrected chi connectivity index (χ3v) is 7.87. The van der Waals surface area contributed by atoms with Gasteiger partial charge in [0.25, 0.3) is 10.0 Å². The Bertz CT molecular complexity index is 1430. The molecule has 194 valence electrons. The van der Waals surface area contributed by atoms with Crippen LogP contribution in [0.1, 0.15) is 5.56 Å². The summed E-state index contributed by atoms with van der Waals surface area (Å²) in [4.78, 5) is 27.2. The first-order chi connectivity index (χ1) is 17.6. The van der Waals surface area contributed by atoms with E-state index in [0.29, 0.717) is 22.0 Å². The maximum Gasteiger partial charge on any atom is 0.348 e. The lowest BCUT2D eigenvalue weighted by Gasteiger charge is -2.35. The van der Waals surface area contributed by atoms with Crippen molar-refractivity contribution in [3.8, 4) is 11.5 Å².